The Bertz CT molecular complexity index is 570. The molecular formula is C9H9F2N3S. The Balaban J connectivity index is 2.96. The monoisotopic (exact) mass is 229 g/mol. The van der Waals surface area contributed by atoms with E-state index in [1.165, 1.54) is 10.7 Å². The number of imidazole rings is 1. The standard InChI is InChI=1S/C9H9F2N3S/c1-13(2)14-8-6(12-9(14)15)4-3-5(10)7(8)11/h3-4H,1-2H3,(H,12,15). The fraction of sp³-hybridized carbons (Fsp3) is 0.222. The first-order valence-electron chi connectivity index (χ1n) is 4.28. The van der Waals surface area contributed by atoms with Crippen molar-refractivity contribution in [1.82, 2.24) is 9.66 Å². The van der Waals surface area contributed by atoms with E-state index in [1.54, 1.807) is 19.1 Å². The van der Waals surface area contributed by atoms with E-state index in [9.17, 15) is 8.78 Å². The highest BCUT2D eigenvalue weighted by molar-refractivity contribution is 7.71. The van der Waals surface area contributed by atoms with Gasteiger partial charge in [0.25, 0.3) is 0 Å². The molecule has 0 fully saturated rings. The molecule has 0 radical (unpaired) electrons. The van der Waals surface area contributed by atoms with Gasteiger partial charge in [-0.25, -0.2) is 13.5 Å². The van der Waals surface area contributed by atoms with Crippen LogP contribution in [-0.4, -0.2) is 23.8 Å². The highest BCUT2D eigenvalue weighted by Gasteiger charge is 2.14. The summed E-state index contributed by atoms with van der Waals surface area (Å²) in [4.78, 5) is 2.81. The van der Waals surface area contributed by atoms with Crippen LogP contribution in [0.4, 0.5) is 8.78 Å². The van der Waals surface area contributed by atoms with Crippen molar-refractivity contribution in [3.63, 3.8) is 0 Å². The zero-order valence-corrected chi connectivity index (χ0v) is 9.03. The van der Waals surface area contributed by atoms with Crippen LogP contribution in [-0.2, 0) is 0 Å². The molecule has 1 aromatic heterocycles. The summed E-state index contributed by atoms with van der Waals surface area (Å²) in [7, 11) is 3.40. The van der Waals surface area contributed by atoms with Gasteiger partial charge in [0, 0.05) is 14.1 Å². The lowest BCUT2D eigenvalue weighted by atomic mass is 10.3. The van der Waals surface area contributed by atoms with Gasteiger partial charge in [-0.05, 0) is 24.4 Å². The summed E-state index contributed by atoms with van der Waals surface area (Å²) >= 11 is 5.01. The molecule has 0 atom stereocenters. The minimum Gasteiger partial charge on any atom is -0.329 e. The molecule has 1 N–H and O–H groups in total. The number of halogens is 2. The number of nitrogens with zero attached hydrogens (tertiary/aromatic N) is 2. The van der Waals surface area contributed by atoms with Gasteiger partial charge >= 0.3 is 0 Å². The molecule has 2 rings (SSSR count). The first-order valence-corrected chi connectivity index (χ1v) is 4.69. The lowest BCUT2D eigenvalue weighted by Crippen LogP contribution is -2.25. The molecule has 0 aliphatic carbocycles. The van der Waals surface area contributed by atoms with Gasteiger partial charge in [0.1, 0.15) is 5.52 Å². The maximum atomic E-state index is 13.5. The maximum Gasteiger partial charge on any atom is 0.197 e. The van der Waals surface area contributed by atoms with E-state index in [4.69, 9.17) is 12.2 Å². The summed E-state index contributed by atoms with van der Waals surface area (Å²) in [6.07, 6.45) is 0. The minimum atomic E-state index is -0.895. The van der Waals surface area contributed by atoms with E-state index in [2.05, 4.69) is 4.98 Å². The molecule has 0 bridgehead atoms. The van der Waals surface area contributed by atoms with Crippen LogP contribution >= 0.6 is 12.2 Å². The van der Waals surface area contributed by atoms with Crippen molar-refractivity contribution < 1.29 is 8.78 Å². The molecule has 2 aromatic rings. The van der Waals surface area contributed by atoms with Gasteiger partial charge in [0.2, 0.25) is 0 Å². The first kappa shape index (κ1) is 10.1. The summed E-state index contributed by atoms with van der Waals surface area (Å²) < 4.78 is 28.3. The predicted molar refractivity (Wildman–Crippen MR) is 57.1 cm³/mol. The molecule has 0 unspecified atom stereocenters. The van der Waals surface area contributed by atoms with Crippen LogP contribution in [0.25, 0.3) is 11.0 Å². The number of hydrogen-bond donors (Lipinski definition) is 1. The summed E-state index contributed by atoms with van der Waals surface area (Å²) in [6.45, 7) is 0. The fourth-order valence-corrected chi connectivity index (χ4v) is 1.86. The molecular weight excluding hydrogens is 220 g/mol. The number of fused-ring (bicyclic) bond motifs is 1. The Labute approximate surface area is 89.9 Å². The third kappa shape index (κ3) is 1.41. The summed E-state index contributed by atoms with van der Waals surface area (Å²) in [5, 5.41) is 1.59. The normalized spacial score (nSPS) is 10.9. The van der Waals surface area contributed by atoms with Crippen molar-refractivity contribution >= 4 is 23.3 Å². The molecule has 0 spiro atoms. The second-order valence-electron chi connectivity index (χ2n) is 3.35. The summed E-state index contributed by atoms with van der Waals surface area (Å²) in [6, 6.07) is 2.53. The van der Waals surface area contributed by atoms with Crippen LogP contribution in [0.2, 0.25) is 0 Å². The average Bonchev–Trinajstić information content (AvgIpc) is 2.49. The second-order valence-corrected chi connectivity index (χ2v) is 3.73. The van der Waals surface area contributed by atoms with E-state index in [-0.39, 0.29) is 5.52 Å². The molecule has 0 saturated heterocycles. The van der Waals surface area contributed by atoms with Gasteiger partial charge in [0.15, 0.2) is 16.4 Å². The second kappa shape index (κ2) is 3.30. The minimum absolute atomic E-state index is 0.130. The van der Waals surface area contributed by atoms with Crippen molar-refractivity contribution in [2.75, 3.05) is 19.1 Å². The van der Waals surface area contributed by atoms with Gasteiger partial charge < -0.3 is 9.99 Å². The van der Waals surface area contributed by atoms with Crippen molar-refractivity contribution in [3.05, 3.63) is 28.5 Å². The molecule has 6 heteroatoms. The van der Waals surface area contributed by atoms with Crippen molar-refractivity contribution in [2.45, 2.75) is 0 Å². The zero-order chi connectivity index (χ0) is 11.2. The van der Waals surface area contributed by atoms with Gasteiger partial charge in [0.05, 0.1) is 5.52 Å². The molecule has 0 saturated carbocycles. The fourth-order valence-electron chi connectivity index (χ4n) is 1.50. The van der Waals surface area contributed by atoms with Crippen molar-refractivity contribution in [3.8, 4) is 0 Å². The Hall–Kier alpha value is -1.43. The van der Waals surface area contributed by atoms with Gasteiger partial charge in [-0.15, -0.1) is 0 Å². The maximum absolute atomic E-state index is 13.5. The lowest BCUT2D eigenvalue weighted by molar-refractivity contribution is 0.511. The number of benzene rings is 1. The molecule has 0 aliphatic rings. The van der Waals surface area contributed by atoms with Crippen molar-refractivity contribution in [1.29, 1.82) is 0 Å². The van der Waals surface area contributed by atoms with Gasteiger partial charge in [-0.1, -0.05) is 0 Å². The van der Waals surface area contributed by atoms with Crippen LogP contribution in [0.3, 0.4) is 0 Å². The zero-order valence-electron chi connectivity index (χ0n) is 8.21. The van der Waals surface area contributed by atoms with Gasteiger partial charge in [-0.2, -0.15) is 0 Å². The first-order chi connectivity index (χ1) is 7.02. The number of hydrogen-bond acceptors (Lipinski definition) is 2. The van der Waals surface area contributed by atoms with Crippen LogP contribution in [0, 0.1) is 16.4 Å². The predicted octanol–water partition coefficient (Wildman–Crippen LogP) is 2.17. The number of nitrogens with one attached hydrogen (secondary N) is 1. The van der Waals surface area contributed by atoms with Crippen LogP contribution in [0.15, 0.2) is 12.1 Å². The number of H-pyrrole nitrogens is 1. The van der Waals surface area contributed by atoms with Crippen LogP contribution < -0.4 is 5.01 Å². The van der Waals surface area contributed by atoms with Crippen molar-refractivity contribution in [2.24, 2.45) is 0 Å². The molecule has 1 aromatic carbocycles. The van der Waals surface area contributed by atoms with E-state index in [0.717, 1.165) is 6.07 Å². The van der Waals surface area contributed by atoms with Crippen LogP contribution in [0.5, 0.6) is 0 Å². The molecule has 0 aliphatic heterocycles. The highest BCUT2D eigenvalue weighted by Crippen LogP contribution is 2.19. The smallest absolute Gasteiger partial charge is 0.197 e. The Morgan fingerprint density at radius 1 is 1.33 bits per heavy atom. The number of aromatic nitrogens is 2. The Morgan fingerprint density at radius 2 is 2.00 bits per heavy atom. The number of aromatic amines is 1. The summed E-state index contributed by atoms with van der Waals surface area (Å²) in [5.41, 5.74) is 0.609. The van der Waals surface area contributed by atoms with E-state index < -0.39 is 11.6 Å². The molecule has 1 heterocycles. The van der Waals surface area contributed by atoms with Crippen LogP contribution in [0.1, 0.15) is 0 Å². The number of rotatable bonds is 1. The highest BCUT2D eigenvalue weighted by atomic mass is 32.1. The largest absolute Gasteiger partial charge is 0.329 e. The lowest BCUT2D eigenvalue weighted by Gasteiger charge is -2.14. The molecule has 0 amide bonds. The van der Waals surface area contributed by atoms with E-state index in [1.807, 2.05) is 0 Å². The topological polar surface area (TPSA) is 24.0 Å². The summed E-state index contributed by atoms with van der Waals surface area (Å²) in [5.74, 6) is -1.78. The molecule has 80 valence electrons. The third-order valence-electron chi connectivity index (χ3n) is 2.11. The van der Waals surface area contributed by atoms with Gasteiger partial charge in [-0.3, -0.25) is 0 Å². The quantitative estimate of drug-likeness (QED) is 0.758. The van der Waals surface area contributed by atoms with E-state index >= 15 is 0 Å². The SMILES string of the molecule is CN(C)n1c(=S)[nH]c2ccc(F)c(F)c21. The Morgan fingerprint density at radius 3 is 2.60 bits per heavy atom. The molecule has 15 heavy (non-hydrogen) atoms. The van der Waals surface area contributed by atoms with E-state index in [0.29, 0.717) is 10.3 Å². The molecule has 3 nitrogen and oxygen atoms in total. The Kier molecular flexibility index (Phi) is 2.22. The average molecular weight is 229 g/mol. The third-order valence-corrected chi connectivity index (χ3v) is 2.39.